The van der Waals surface area contributed by atoms with E-state index in [1.165, 1.54) is 24.9 Å². The van der Waals surface area contributed by atoms with E-state index in [2.05, 4.69) is 11.1 Å². The van der Waals surface area contributed by atoms with Crippen LogP contribution in [0.2, 0.25) is 0 Å². The minimum absolute atomic E-state index is 0.0102. The van der Waals surface area contributed by atoms with Crippen LogP contribution in [0.25, 0.3) is 0 Å². The van der Waals surface area contributed by atoms with Crippen molar-refractivity contribution in [3.8, 4) is 17.6 Å². The quantitative estimate of drug-likeness (QED) is 0.483. The maximum Gasteiger partial charge on any atom is 0.163 e. The summed E-state index contributed by atoms with van der Waals surface area (Å²) in [7, 11) is 0. The summed E-state index contributed by atoms with van der Waals surface area (Å²) in [5.74, 6) is 0.426. The van der Waals surface area contributed by atoms with Crippen LogP contribution in [0.1, 0.15) is 47.3 Å². The number of carbonyl (C=O) groups excluding carboxylic acids is 1. The Hall–Kier alpha value is -3.30. The third kappa shape index (κ3) is 5.19. The summed E-state index contributed by atoms with van der Waals surface area (Å²) in [5, 5.41) is 19.5. The van der Waals surface area contributed by atoms with Crippen molar-refractivity contribution in [2.75, 3.05) is 0 Å². The average Bonchev–Trinajstić information content (AvgIpc) is 2.74. The molecule has 1 N–H and O–H groups in total. The maximum absolute atomic E-state index is 11.7. The van der Waals surface area contributed by atoms with Crippen molar-refractivity contribution in [3.05, 3.63) is 77.1 Å². The second kappa shape index (κ2) is 9.95. The van der Waals surface area contributed by atoms with Crippen LogP contribution in [0, 0.1) is 11.3 Å². The van der Waals surface area contributed by atoms with Gasteiger partial charge < -0.3 is 9.84 Å². The van der Waals surface area contributed by atoms with Crippen LogP contribution in [-0.4, -0.2) is 15.9 Å². The highest BCUT2D eigenvalue weighted by Crippen LogP contribution is 2.34. The molecule has 5 nitrogen and oxygen atoms in total. The molecule has 30 heavy (non-hydrogen) atoms. The summed E-state index contributed by atoms with van der Waals surface area (Å²) in [5.41, 5.74) is 2.48. The lowest BCUT2D eigenvalue weighted by atomic mass is 10.0. The summed E-state index contributed by atoms with van der Waals surface area (Å²) >= 11 is 1.53. The highest BCUT2D eigenvalue weighted by atomic mass is 32.2. The first-order chi connectivity index (χ1) is 14.5. The first kappa shape index (κ1) is 21.4. The van der Waals surface area contributed by atoms with Crippen LogP contribution >= 0.6 is 11.8 Å². The lowest BCUT2D eigenvalue weighted by Gasteiger charge is -2.15. The van der Waals surface area contributed by atoms with Gasteiger partial charge in [-0.1, -0.05) is 37.2 Å². The molecule has 0 aliphatic rings. The van der Waals surface area contributed by atoms with Gasteiger partial charge in [0.15, 0.2) is 5.78 Å². The number of nitriles is 1. The van der Waals surface area contributed by atoms with Crippen LogP contribution < -0.4 is 4.74 Å². The largest absolute Gasteiger partial charge is 0.507 e. The number of ether oxygens (including phenoxy) is 1. The maximum atomic E-state index is 11.7. The molecule has 0 bridgehead atoms. The van der Waals surface area contributed by atoms with Crippen LogP contribution in [0.15, 0.2) is 64.6 Å². The van der Waals surface area contributed by atoms with Gasteiger partial charge in [0.05, 0.1) is 11.1 Å². The van der Waals surface area contributed by atoms with Gasteiger partial charge in [0, 0.05) is 27.7 Å². The monoisotopic (exact) mass is 418 g/mol. The molecule has 0 aliphatic carbocycles. The molecule has 0 unspecified atom stereocenters. The lowest BCUT2D eigenvalue weighted by Crippen LogP contribution is -2.02. The number of phenolic OH excluding ortho intramolecular Hbond substituents is 1. The molecule has 1 aromatic heterocycles. The predicted octanol–water partition coefficient (Wildman–Crippen LogP) is 5.54. The number of hydrogen-bond donors (Lipinski definition) is 1. The van der Waals surface area contributed by atoms with E-state index in [0.717, 1.165) is 21.8 Å². The minimum atomic E-state index is -0.170. The number of aromatic nitrogens is 1. The molecule has 1 heterocycles. The fourth-order valence-electron chi connectivity index (χ4n) is 3.06. The number of pyridine rings is 1. The van der Waals surface area contributed by atoms with E-state index in [9.17, 15) is 9.90 Å². The van der Waals surface area contributed by atoms with Gasteiger partial charge in [-0.25, -0.2) is 0 Å². The molecular weight excluding hydrogens is 396 g/mol. The van der Waals surface area contributed by atoms with Crippen LogP contribution in [0.5, 0.6) is 11.5 Å². The number of ketones is 1. The standard InChI is InChI=1S/C24H22N2O3S/c1-3-5-22-23(9-8-21(16(2)27)24(22)28)29-15-17-6-4-7-19(10-17)30-20-11-18(12-25)13-26-14-20/h4,6-11,13-14,28H,3,5,15H2,1-2H3. The fraction of sp³-hybridized carbons (Fsp3) is 0.208. The number of benzene rings is 2. The summed E-state index contributed by atoms with van der Waals surface area (Å²) in [6.07, 6.45) is 4.72. The lowest BCUT2D eigenvalue weighted by molar-refractivity contribution is 0.101. The molecule has 0 fully saturated rings. The first-order valence-electron chi connectivity index (χ1n) is 9.62. The molecule has 6 heteroatoms. The number of rotatable bonds is 8. The Kier molecular flexibility index (Phi) is 7.10. The summed E-state index contributed by atoms with van der Waals surface area (Å²) in [6.45, 7) is 3.79. The SMILES string of the molecule is CCCc1c(OCc2cccc(Sc3cncc(C#N)c3)c2)ccc(C(C)=O)c1O. The highest BCUT2D eigenvalue weighted by molar-refractivity contribution is 7.99. The van der Waals surface area contributed by atoms with Gasteiger partial charge in [0.1, 0.15) is 24.2 Å². The zero-order chi connectivity index (χ0) is 21.5. The number of aromatic hydroxyl groups is 1. The second-order valence-corrected chi connectivity index (χ2v) is 7.95. The van der Waals surface area contributed by atoms with Gasteiger partial charge in [0.2, 0.25) is 0 Å². The number of carbonyl (C=O) groups is 1. The van der Waals surface area contributed by atoms with Crippen molar-refractivity contribution in [2.45, 2.75) is 43.1 Å². The molecule has 152 valence electrons. The predicted molar refractivity (Wildman–Crippen MR) is 116 cm³/mol. The molecule has 3 rings (SSSR count). The number of hydrogen-bond acceptors (Lipinski definition) is 6. The molecule has 0 aliphatic heterocycles. The third-order valence-corrected chi connectivity index (χ3v) is 5.44. The number of Topliss-reactive ketones (excluding diaryl/α,β-unsaturated/α-hetero) is 1. The molecule has 0 saturated heterocycles. The van der Waals surface area contributed by atoms with Gasteiger partial charge in [-0.05, 0) is 49.2 Å². The van der Waals surface area contributed by atoms with E-state index in [1.54, 1.807) is 24.4 Å². The normalized spacial score (nSPS) is 10.4. The number of phenols is 1. The van der Waals surface area contributed by atoms with Crippen molar-refractivity contribution < 1.29 is 14.6 Å². The highest BCUT2D eigenvalue weighted by Gasteiger charge is 2.16. The summed E-state index contributed by atoms with van der Waals surface area (Å²) in [4.78, 5) is 17.7. The van der Waals surface area contributed by atoms with E-state index in [4.69, 9.17) is 10.00 Å². The third-order valence-electron chi connectivity index (χ3n) is 4.49. The molecular formula is C24H22N2O3S. The van der Waals surface area contributed by atoms with E-state index < -0.39 is 0 Å². The Labute approximate surface area is 180 Å². The molecule has 0 atom stereocenters. The Bertz CT molecular complexity index is 1110. The summed E-state index contributed by atoms with van der Waals surface area (Å²) in [6, 6.07) is 15.2. The molecule has 0 spiro atoms. The van der Waals surface area contributed by atoms with Crippen LogP contribution in [0.3, 0.4) is 0 Å². The van der Waals surface area contributed by atoms with Crippen LogP contribution in [-0.2, 0) is 13.0 Å². The van der Waals surface area contributed by atoms with Gasteiger partial charge in [-0.2, -0.15) is 5.26 Å². The summed E-state index contributed by atoms with van der Waals surface area (Å²) < 4.78 is 6.00. The van der Waals surface area contributed by atoms with E-state index in [0.29, 0.717) is 35.5 Å². The van der Waals surface area contributed by atoms with Gasteiger partial charge in [-0.15, -0.1) is 0 Å². The zero-order valence-corrected chi connectivity index (χ0v) is 17.7. The Morgan fingerprint density at radius 2 is 2.03 bits per heavy atom. The number of nitrogens with zero attached hydrogens (tertiary/aromatic N) is 2. The molecule has 2 aromatic carbocycles. The molecule has 3 aromatic rings. The molecule has 0 amide bonds. The van der Waals surface area contributed by atoms with Gasteiger partial charge in [-0.3, -0.25) is 9.78 Å². The van der Waals surface area contributed by atoms with Crippen molar-refractivity contribution in [1.29, 1.82) is 5.26 Å². The molecule has 0 radical (unpaired) electrons. The van der Waals surface area contributed by atoms with E-state index in [-0.39, 0.29) is 11.5 Å². The van der Waals surface area contributed by atoms with Gasteiger partial charge in [0.25, 0.3) is 0 Å². The van der Waals surface area contributed by atoms with Crippen molar-refractivity contribution >= 4 is 17.5 Å². The van der Waals surface area contributed by atoms with Crippen molar-refractivity contribution in [3.63, 3.8) is 0 Å². The zero-order valence-electron chi connectivity index (χ0n) is 16.9. The van der Waals surface area contributed by atoms with Gasteiger partial charge >= 0.3 is 0 Å². The first-order valence-corrected chi connectivity index (χ1v) is 10.4. The molecule has 0 saturated carbocycles. The van der Waals surface area contributed by atoms with Crippen LogP contribution in [0.4, 0.5) is 0 Å². The Balaban J connectivity index is 1.76. The smallest absolute Gasteiger partial charge is 0.163 e. The fourth-order valence-corrected chi connectivity index (χ4v) is 3.99. The van der Waals surface area contributed by atoms with Crippen molar-refractivity contribution in [2.24, 2.45) is 0 Å². The van der Waals surface area contributed by atoms with E-state index in [1.807, 2.05) is 31.2 Å². The van der Waals surface area contributed by atoms with Crippen molar-refractivity contribution in [1.82, 2.24) is 4.98 Å². The van der Waals surface area contributed by atoms with E-state index >= 15 is 0 Å². The topological polar surface area (TPSA) is 83.2 Å². The average molecular weight is 419 g/mol. The minimum Gasteiger partial charge on any atom is -0.507 e. The second-order valence-electron chi connectivity index (χ2n) is 6.80. The Morgan fingerprint density at radius 1 is 1.20 bits per heavy atom. The Morgan fingerprint density at radius 3 is 2.77 bits per heavy atom.